The molecule has 2 saturated heterocycles. The van der Waals surface area contributed by atoms with Crippen LogP contribution in [0.3, 0.4) is 0 Å². The second kappa shape index (κ2) is 12.7. The fourth-order valence-corrected chi connectivity index (χ4v) is 10.1. The van der Waals surface area contributed by atoms with E-state index in [0.717, 1.165) is 43.2 Å². The highest BCUT2D eigenvalue weighted by Crippen LogP contribution is 2.65. The third-order valence-corrected chi connectivity index (χ3v) is 12.4. The number of phenols is 1. The molecule has 3 aliphatic carbocycles. The molecule has 5 aliphatic rings. The lowest BCUT2D eigenvalue weighted by molar-refractivity contribution is -0.144. The summed E-state index contributed by atoms with van der Waals surface area (Å²) >= 11 is 12.6. The number of fused-ring (bicyclic) bond motifs is 4. The zero-order valence-electron chi connectivity index (χ0n) is 27.8. The van der Waals surface area contributed by atoms with Crippen LogP contribution in [0.25, 0.3) is 0 Å². The normalized spacial score (nSPS) is 29.1. The lowest BCUT2D eigenvalue weighted by atomic mass is 9.49. The van der Waals surface area contributed by atoms with E-state index in [1.807, 2.05) is 6.08 Å². The van der Waals surface area contributed by atoms with Crippen molar-refractivity contribution < 1.29 is 33.4 Å². The van der Waals surface area contributed by atoms with Gasteiger partial charge < -0.3 is 9.84 Å². The van der Waals surface area contributed by atoms with Gasteiger partial charge >= 0.3 is 0 Å². The third-order valence-electron chi connectivity index (χ3n) is 11.9. The Morgan fingerprint density at radius 2 is 1.67 bits per heavy atom. The molecule has 0 radical (unpaired) electrons. The highest BCUT2D eigenvalue weighted by atomic mass is 35.5. The van der Waals surface area contributed by atoms with Crippen LogP contribution in [-0.4, -0.2) is 51.8 Å². The molecule has 12 heteroatoms. The second-order valence-corrected chi connectivity index (χ2v) is 15.1. The molecule has 2 saturated carbocycles. The highest BCUT2D eigenvalue weighted by molar-refractivity contribution is 6.36. The lowest BCUT2D eigenvalue weighted by Gasteiger charge is -2.50. The van der Waals surface area contributed by atoms with Crippen molar-refractivity contribution in [2.45, 2.75) is 62.3 Å². The highest BCUT2D eigenvalue weighted by Gasteiger charge is 2.71. The van der Waals surface area contributed by atoms with Crippen LogP contribution in [0.2, 0.25) is 10.0 Å². The van der Waals surface area contributed by atoms with Gasteiger partial charge in [-0.25, -0.2) is 4.39 Å². The molecule has 51 heavy (non-hydrogen) atoms. The number of anilines is 1. The molecular formula is C39H36Cl2FN3O6. The van der Waals surface area contributed by atoms with Crippen LogP contribution >= 0.6 is 23.2 Å². The summed E-state index contributed by atoms with van der Waals surface area (Å²) in [7, 11) is 1.51. The molecule has 0 aromatic heterocycles. The van der Waals surface area contributed by atoms with Crippen molar-refractivity contribution in [1.82, 2.24) is 9.91 Å². The number of carbonyl (C=O) groups is 4. The van der Waals surface area contributed by atoms with Gasteiger partial charge in [0.25, 0.3) is 11.8 Å². The number of ether oxygens (including phenoxy) is 1. The first-order valence-electron chi connectivity index (χ1n) is 17.4. The Labute approximate surface area is 304 Å². The number of phenolic OH excluding ortho intramolecular Hbond substituents is 1. The molecule has 2 aliphatic heterocycles. The maximum atomic E-state index is 15.3. The molecule has 2 heterocycles. The van der Waals surface area contributed by atoms with Crippen molar-refractivity contribution in [3.05, 3.63) is 99.3 Å². The van der Waals surface area contributed by atoms with Gasteiger partial charge in [-0.3, -0.25) is 29.5 Å². The Balaban J connectivity index is 1.33. The van der Waals surface area contributed by atoms with Gasteiger partial charge in [-0.15, -0.1) is 0 Å². The number of halogens is 3. The lowest BCUT2D eigenvalue weighted by Crippen LogP contribution is -2.53. The molecule has 264 valence electrons. The van der Waals surface area contributed by atoms with Gasteiger partial charge in [0.2, 0.25) is 11.8 Å². The number of carbonyl (C=O) groups excluding carboxylic acids is 4. The van der Waals surface area contributed by atoms with Crippen LogP contribution in [0.5, 0.6) is 11.5 Å². The zero-order chi connectivity index (χ0) is 35.8. The van der Waals surface area contributed by atoms with Crippen LogP contribution in [0.15, 0.2) is 72.3 Å². The summed E-state index contributed by atoms with van der Waals surface area (Å²) in [5.41, 5.74) is 2.68. The van der Waals surface area contributed by atoms with E-state index in [9.17, 15) is 19.5 Å². The van der Waals surface area contributed by atoms with Crippen molar-refractivity contribution in [2.24, 2.45) is 23.7 Å². The summed E-state index contributed by atoms with van der Waals surface area (Å²) in [4.78, 5) is 60.0. The quantitative estimate of drug-likeness (QED) is 0.204. The predicted molar refractivity (Wildman–Crippen MR) is 187 cm³/mol. The van der Waals surface area contributed by atoms with Gasteiger partial charge in [-0.05, 0) is 73.6 Å². The number of benzene rings is 3. The minimum absolute atomic E-state index is 0.0697. The topological polar surface area (TPSA) is 116 Å². The molecular weight excluding hydrogens is 696 g/mol. The minimum atomic E-state index is -1.70. The van der Waals surface area contributed by atoms with Crippen molar-refractivity contribution >= 4 is 52.5 Å². The summed E-state index contributed by atoms with van der Waals surface area (Å²) in [6.07, 6.45) is 6.65. The van der Waals surface area contributed by atoms with E-state index >= 15 is 9.18 Å². The third kappa shape index (κ3) is 5.00. The maximum Gasteiger partial charge on any atom is 0.260 e. The second-order valence-electron chi connectivity index (χ2n) is 14.2. The number of methoxy groups -OCH3 is 1. The van der Waals surface area contributed by atoms with E-state index in [4.69, 9.17) is 27.9 Å². The summed E-state index contributed by atoms with van der Waals surface area (Å²) in [5.74, 6) is -6.87. The number of imide groups is 2. The predicted octanol–water partition coefficient (Wildman–Crippen LogP) is 7.16. The number of rotatable bonds is 6. The Hall–Kier alpha value is -4.41. The van der Waals surface area contributed by atoms with Crippen LogP contribution in [-0.2, 0) is 24.6 Å². The van der Waals surface area contributed by atoms with Crippen molar-refractivity contribution in [1.29, 1.82) is 0 Å². The molecule has 6 unspecified atom stereocenters. The number of hydrogen-bond donors (Lipinski definition) is 2. The molecule has 2 N–H and O–H groups in total. The van der Waals surface area contributed by atoms with Crippen LogP contribution in [0.1, 0.15) is 62.0 Å². The van der Waals surface area contributed by atoms with E-state index in [1.165, 1.54) is 24.1 Å². The van der Waals surface area contributed by atoms with Gasteiger partial charge in [0.05, 0.1) is 41.0 Å². The fourth-order valence-electron chi connectivity index (χ4n) is 9.68. The van der Waals surface area contributed by atoms with Gasteiger partial charge in [0.1, 0.15) is 5.75 Å². The number of likely N-dealkylation sites (tertiary alicyclic amines) is 1. The van der Waals surface area contributed by atoms with Crippen LogP contribution in [0, 0.1) is 29.5 Å². The van der Waals surface area contributed by atoms with Crippen molar-refractivity contribution in [3.8, 4) is 11.5 Å². The Morgan fingerprint density at radius 3 is 2.37 bits per heavy atom. The van der Waals surface area contributed by atoms with Gasteiger partial charge in [-0.2, -0.15) is 5.01 Å². The number of para-hydroxylation sites is 1. The summed E-state index contributed by atoms with van der Waals surface area (Å²) in [6, 6.07) is 15.4. The first-order valence-corrected chi connectivity index (χ1v) is 18.1. The number of allylic oxidation sites excluding steroid dienone is 2. The first-order chi connectivity index (χ1) is 24.6. The summed E-state index contributed by atoms with van der Waals surface area (Å²) in [5, 5.41) is 12.9. The number of nitrogens with zero attached hydrogens (tertiary/aromatic N) is 2. The van der Waals surface area contributed by atoms with Gasteiger partial charge in [0, 0.05) is 22.5 Å². The summed E-state index contributed by atoms with van der Waals surface area (Å²) in [6.45, 7) is 0. The van der Waals surface area contributed by atoms with E-state index in [2.05, 4.69) is 5.43 Å². The summed E-state index contributed by atoms with van der Waals surface area (Å²) < 4.78 is 20.8. The molecule has 4 fully saturated rings. The smallest absolute Gasteiger partial charge is 0.260 e. The number of aromatic hydroxyl groups is 1. The number of nitrogens with one attached hydrogen (secondary N) is 1. The Kier molecular flexibility index (Phi) is 8.38. The molecule has 8 rings (SSSR count). The first kappa shape index (κ1) is 33.7. The van der Waals surface area contributed by atoms with Crippen molar-refractivity contribution in [2.75, 3.05) is 12.5 Å². The van der Waals surface area contributed by atoms with E-state index in [0.29, 0.717) is 21.9 Å². The van der Waals surface area contributed by atoms with Gasteiger partial charge in [0.15, 0.2) is 11.6 Å². The minimum Gasteiger partial charge on any atom is -0.505 e. The van der Waals surface area contributed by atoms with E-state index in [-0.39, 0.29) is 47.0 Å². The number of hydrogen-bond acceptors (Lipinski definition) is 7. The standard InChI is InChI=1S/C39H36Cl2FN3O6/c1-51-23-13-10-20(11-14-23)39-28(36(48)45(38(39)50)43-31-17-12-21(40)18-29(31)41)19-27-24(33(39)26-8-5-9-30(42)34(26)46)15-16-25-32(27)37(49)44(35(25)47)22-6-3-2-4-7-22/h5,8-15,17-18,22,25,27-28,32-33,43,46H,2-4,6-7,16,19H2,1H3. The van der Waals surface area contributed by atoms with Crippen LogP contribution in [0.4, 0.5) is 10.1 Å². The largest absolute Gasteiger partial charge is 0.505 e. The fraction of sp³-hybridized carbons (Fsp3) is 0.385. The molecule has 6 atom stereocenters. The maximum absolute atomic E-state index is 15.3. The van der Waals surface area contributed by atoms with E-state index < -0.39 is 58.4 Å². The monoisotopic (exact) mass is 731 g/mol. The Morgan fingerprint density at radius 1 is 0.922 bits per heavy atom. The average Bonchev–Trinajstić information content (AvgIpc) is 3.51. The zero-order valence-corrected chi connectivity index (χ0v) is 29.3. The Bertz CT molecular complexity index is 2000. The molecule has 4 amide bonds. The van der Waals surface area contributed by atoms with E-state index in [1.54, 1.807) is 42.5 Å². The number of amides is 4. The van der Waals surface area contributed by atoms with Crippen molar-refractivity contribution in [3.63, 3.8) is 0 Å². The molecule has 3 aromatic carbocycles. The van der Waals surface area contributed by atoms with Crippen LogP contribution < -0.4 is 10.2 Å². The molecule has 0 bridgehead atoms. The average molecular weight is 733 g/mol. The molecule has 9 nitrogen and oxygen atoms in total. The van der Waals surface area contributed by atoms with Gasteiger partial charge in [-0.1, -0.05) is 78.4 Å². The molecule has 3 aromatic rings. The molecule has 0 spiro atoms. The number of hydrazine groups is 1. The SMILES string of the molecule is COc1ccc(C23C(=O)N(Nc4ccc(Cl)cc4Cl)C(=O)C2CC2C(=CCC4C(=O)N(C5CCCCC5)C(=O)C42)C3c2cccc(F)c2O)cc1.